The van der Waals surface area contributed by atoms with Crippen molar-refractivity contribution in [2.45, 2.75) is 13.1 Å². The van der Waals surface area contributed by atoms with Crippen LogP contribution in [0.25, 0.3) is 0 Å². The molecule has 118 valence electrons. The molecule has 1 aromatic rings. The lowest BCUT2D eigenvalue weighted by Gasteiger charge is -2.10. The second-order valence-electron chi connectivity index (χ2n) is 4.40. The van der Waals surface area contributed by atoms with Gasteiger partial charge in [-0.1, -0.05) is 18.5 Å². The summed E-state index contributed by atoms with van der Waals surface area (Å²) in [4.78, 5) is 15.1. The molecule has 4 nitrogen and oxygen atoms in total. The van der Waals surface area contributed by atoms with Crippen molar-refractivity contribution in [1.82, 2.24) is 4.98 Å². The number of amides is 1. The Morgan fingerprint density at radius 2 is 2.24 bits per heavy atom. The van der Waals surface area contributed by atoms with Crippen LogP contribution in [0.4, 0.5) is 19.0 Å². The highest BCUT2D eigenvalue weighted by atomic mass is 35.5. The van der Waals surface area contributed by atoms with Gasteiger partial charge in [-0.05, 0) is 17.7 Å². The molecule has 1 heterocycles. The maximum atomic E-state index is 12.4. The van der Waals surface area contributed by atoms with E-state index in [0.29, 0.717) is 18.0 Å². The predicted molar refractivity (Wildman–Crippen MR) is 76.5 cm³/mol. The maximum Gasteiger partial charge on any atom is 0.417 e. The topological polar surface area (TPSA) is 62.2 Å². The van der Waals surface area contributed by atoms with Crippen LogP contribution in [0.2, 0.25) is 5.02 Å². The first-order valence-corrected chi connectivity index (χ1v) is 7.48. The van der Waals surface area contributed by atoms with Crippen LogP contribution in [0.3, 0.4) is 0 Å². The highest BCUT2D eigenvalue weighted by Gasteiger charge is 2.31. The van der Waals surface area contributed by atoms with E-state index in [4.69, 9.17) is 16.7 Å². The molecular formula is C12H14ClF3N2O2S. The molecule has 1 unspecified atom stereocenters. The van der Waals surface area contributed by atoms with Crippen molar-refractivity contribution in [3.63, 3.8) is 0 Å². The highest BCUT2D eigenvalue weighted by molar-refractivity contribution is 7.99. The zero-order valence-corrected chi connectivity index (χ0v) is 12.6. The minimum atomic E-state index is -4.53. The summed E-state index contributed by atoms with van der Waals surface area (Å²) in [5, 5.41) is 10.9. The monoisotopic (exact) mass is 342 g/mol. The van der Waals surface area contributed by atoms with E-state index in [-0.39, 0.29) is 29.1 Å². The lowest BCUT2D eigenvalue weighted by molar-refractivity contribution is -0.137. The fraction of sp³-hybridized carbons (Fsp3) is 0.500. The number of thioether (sulfide) groups is 1. The van der Waals surface area contributed by atoms with E-state index in [1.165, 1.54) is 11.8 Å². The zero-order valence-electron chi connectivity index (χ0n) is 11.1. The normalized spacial score (nSPS) is 13.0. The van der Waals surface area contributed by atoms with Crippen LogP contribution in [-0.4, -0.2) is 34.1 Å². The number of carbonyl (C=O) groups is 1. The van der Waals surface area contributed by atoms with E-state index in [2.05, 4.69) is 10.3 Å². The molecule has 0 aliphatic heterocycles. The number of rotatable bonds is 6. The Hall–Kier alpha value is -0.990. The van der Waals surface area contributed by atoms with Crippen molar-refractivity contribution < 1.29 is 23.1 Å². The van der Waals surface area contributed by atoms with Gasteiger partial charge in [-0.2, -0.15) is 24.9 Å². The molecule has 0 saturated carbocycles. The summed E-state index contributed by atoms with van der Waals surface area (Å²) < 4.78 is 37.3. The molecule has 0 fully saturated rings. The van der Waals surface area contributed by atoms with E-state index in [0.717, 1.165) is 0 Å². The van der Waals surface area contributed by atoms with Gasteiger partial charge in [0.1, 0.15) is 0 Å². The molecule has 0 radical (unpaired) electrons. The van der Waals surface area contributed by atoms with Gasteiger partial charge in [0, 0.05) is 12.8 Å². The fourth-order valence-corrected chi connectivity index (χ4v) is 2.36. The van der Waals surface area contributed by atoms with Gasteiger partial charge in [-0.25, -0.2) is 4.98 Å². The summed E-state index contributed by atoms with van der Waals surface area (Å²) >= 11 is 6.97. The van der Waals surface area contributed by atoms with Crippen LogP contribution in [0, 0.1) is 5.92 Å². The van der Waals surface area contributed by atoms with E-state index >= 15 is 0 Å². The molecular weight excluding hydrogens is 329 g/mol. The number of pyridine rings is 1. The number of nitrogens with one attached hydrogen (secondary N) is 1. The molecule has 0 aliphatic rings. The van der Waals surface area contributed by atoms with Crippen LogP contribution in [-0.2, 0) is 11.0 Å². The van der Waals surface area contributed by atoms with Gasteiger partial charge < -0.3 is 10.4 Å². The van der Waals surface area contributed by atoms with Crippen LogP contribution in [0.5, 0.6) is 0 Å². The number of nitrogens with zero attached hydrogens (tertiary/aromatic N) is 1. The Morgan fingerprint density at radius 1 is 1.57 bits per heavy atom. The van der Waals surface area contributed by atoms with Gasteiger partial charge in [-0.3, -0.25) is 4.79 Å². The van der Waals surface area contributed by atoms with Crippen molar-refractivity contribution in [2.24, 2.45) is 5.92 Å². The lowest BCUT2D eigenvalue weighted by atomic mass is 10.2. The first-order chi connectivity index (χ1) is 9.74. The third kappa shape index (κ3) is 6.11. The van der Waals surface area contributed by atoms with Gasteiger partial charge in [0.2, 0.25) is 5.91 Å². The number of alkyl halides is 3. The third-order valence-electron chi connectivity index (χ3n) is 2.37. The Balaban J connectivity index is 2.57. The average Bonchev–Trinajstić information content (AvgIpc) is 2.39. The van der Waals surface area contributed by atoms with Crippen molar-refractivity contribution in [3.8, 4) is 0 Å². The zero-order chi connectivity index (χ0) is 16.0. The summed E-state index contributed by atoms with van der Waals surface area (Å²) in [6.45, 7) is 1.86. The standard InChI is InChI=1S/C12H14ClF3N2O2S/c1-7(4-19)5-21-6-10(20)18-11-9(13)2-8(3-17-11)12(14,15)16/h2-3,7,19H,4-6H2,1H3,(H,17,18,20). The number of hydrogen-bond donors (Lipinski definition) is 2. The average molecular weight is 343 g/mol. The van der Waals surface area contributed by atoms with Crippen LogP contribution in [0.15, 0.2) is 12.3 Å². The van der Waals surface area contributed by atoms with Crippen molar-refractivity contribution >= 4 is 35.1 Å². The van der Waals surface area contributed by atoms with Crippen LogP contribution in [0.1, 0.15) is 12.5 Å². The Morgan fingerprint density at radius 3 is 2.76 bits per heavy atom. The number of carbonyl (C=O) groups excluding carboxylic acids is 1. The van der Waals surface area contributed by atoms with Crippen molar-refractivity contribution in [1.29, 1.82) is 0 Å². The second kappa shape index (κ2) is 7.86. The third-order valence-corrected chi connectivity index (χ3v) is 3.93. The summed E-state index contributed by atoms with van der Waals surface area (Å²) in [5.41, 5.74) is -0.975. The minimum Gasteiger partial charge on any atom is -0.396 e. The van der Waals surface area contributed by atoms with Gasteiger partial charge in [0.25, 0.3) is 0 Å². The number of aromatic nitrogens is 1. The Bertz CT molecular complexity index is 500. The molecule has 0 aromatic carbocycles. The predicted octanol–water partition coefficient (Wildman–Crippen LogP) is 3.05. The van der Waals surface area contributed by atoms with Gasteiger partial charge in [0.15, 0.2) is 5.82 Å². The quantitative estimate of drug-likeness (QED) is 0.834. The first-order valence-electron chi connectivity index (χ1n) is 5.95. The largest absolute Gasteiger partial charge is 0.417 e. The maximum absolute atomic E-state index is 12.4. The SMILES string of the molecule is CC(CO)CSCC(=O)Nc1ncc(C(F)(F)F)cc1Cl. The van der Waals surface area contributed by atoms with E-state index in [9.17, 15) is 18.0 Å². The summed E-state index contributed by atoms with van der Waals surface area (Å²) in [7, 11) is 0. The second-order valence-corrected chi connectivity index (χ2v) is 5.84. The molecule has 0 spiro atoms. The Labute approximate surface area is 129 Å². The van der Waals surface area contributed by atoms with Gasteiger partial charge >= 0.3 is 6.18 Å². The number of aliphatic hydroxyl groups is 1. The molecule has 21 heavy (non-hydrogen) atoms. The molecule has 1 atom stereocenters. The molecule has 9 heteroatoms. The molecule has 0 saturated heterocycles. The highest BCUT2D eigenvalue weighted by Crippen LogP contribution is 2.32. The molecule has 1 amide bonds. The molecule has 0 aliphatic carbocycles. The van der Waals surface area contributed by atoms with Crippen LogP contribution >= 0.6 is 23.4 Å². The Kier molecular flexibility index (Phi) is 6.76. The van der Waals surface area contributed by atoms with Crippen molar-refractivity contribution in [3.05, 3.63) is 22.8 Å². The van der Waals surface area contributed by atoms with E-state index in [1.807, 2.05) is 6.92 Å². The number of aliphatic hydroxyl groups excluding tert-OH is 1. The van der Waals surface area contributed by atoms with E-state index in [1.54, 1.807) is 0 Å². The molecule has 1 rings (SSSR count). The number of anilines is 1. The number of hydrogen-bond acceptors (Lipinski definition) is 4. The van der Waals surface area contributed by atoms with E-state index < -0.39 is 17.6 Å². The smallest absolute Gasteiger partial charge is 0.396 e. The first kappa shape index (κ1) is 18.1. The molecule has 2 N–H and O–H groups in total. The number of halogens is 4. The summed E-state index contributed by atoms with van der Waals surface area (Å²) in [6, 6.07) is 0.713. The minimum absolute atomic E-state index is 0.0287. The van der Waals surface area contributed by atoms with Crippen LogP contribution < -0.4 is 5.32 Å². The summed E-state index contributed by atoms with van der Waals surface area (Å²) in [6.07, 6.45) is -3.92. The molecule has 1 aromatic heterocycles. The molecule has 0 bridgehead atoms. The lowest BCUT2D eigenvalue weighted by Crippen LogP contribution is -2.17. The fourth-order valence-electron chi connectivity index (χ4n) is 1.26. The van der Waals surface area contributed by atoms with Gasteiger partial charge in [0.05, 0.1) is 16.3 Å². The van der Waals surface area contributed by atoms with Crippen molar-refractivity contribution in [2.75, 3.05) is 23.4 Å². The van der Waals surface area contributed by atoms with Gasteiger partial charge in [-0.15, -0.1) is 0 Å². The summed E-state index contributed by atoms with van der Waals surface area (Å²) in [5.74, 6) is 0.238.